The van der Waals surface area contributed by atoms with E-state index in [9.17, 15) is 5.11 Å². The molecule has 0 saturated heterocycles. The molecule has 0 aliphatic rings. The van der Waals surface area contributed by atoms with Gasteiger partial charge in [0.1, 0.15) is 11.9 Å². The molecule has 25 heavy (non-hydrogen) atoms. The van der Waals surface area contributed by atoms with Crippen LogP contribution in [-0.2, 0) is 22.7 Å². The first kappa shape index (κ1) is 19.4. The van der Waals surface area contributed by atoms with Gasteiger partial charge in [0.25, 0.3) is 0 Å². The number of hydrogen-bond acceptors (Lipinski definition) is 4. The van der Waals surface area contributed by atoms with E-state index in [-0.39, 0.29) is 0 Å². The molecule has 0 unspecified atom stereocenters. The Labute approximate surface area is 150 Å². The first-order valence-corrected chi connectivity index (χ1v) is 8.53. The van der Waals surface area contributed by atoms with Crippen molar-refractivity contribution < 1.29 is 19.3 Å². The first-order valence-electron chi connectivity index (χ1n) is 8.53. The molecule has 0 aliphatic carbocycles. The maximum absolute atomic E-state index is 10.2. The summed E-state index contributed by atoms with van der Waals surface area (Å²) in [6.07, 6.45) is -1.08. The average Bonchev–Trinajstić information content (AvgIpc) is 2.61. The van der Waals surface area contributed by atoms with Crippen LogP contribution in [0, 0.1) is 0 Å². The molecular weight excluding hydrogens is 316 g/mol. The van der Waals surface area contributed by atoms with Gasteiger partial charge in [0, 0.05) is 0 Å². The zero-order valence-electron chi connectivity index (χ0n) is 15.4. The van der Waals surface area contributed by atoms with Crippen molar-refractivity contribution in [2.24, 2.45) is 0 Å². The van der Waals surface area contributed by atoms with Crippen molar-refractivity contribution in [3.05, 3.63) is 65.7 Å². The number of methoxy groups -OCH3 is 1. The summed E-state index contributed by atoms with van der Waals surface area (Å²) in [4.78, 5) is 0. The summed E-state index contributed by atoms with van der Waals surface area (Å²) in [5.74, 6) is 0.816. The molecule has 4 nitrogen and oxygen atoms in total. The highest BCUT2D eigenvalue weighted by Gasteiger charge is 2.35. The number of benzene rings is 2. The van der Waals surface area contributed by atoms with E-state index in [0.717, 1.165) is 16.9 Å². The molecule has 2 rings (SSSR count). The Morgan fingerprint density at radius 3 is 2.08 bits per heavy atom. The van der Waals surface area contributed by atoms with Gasteiger partial charge in [-0.1, -0.05) is 42.5 Å². The lowest BCUT2D eigenvalue weighted by Crippen LogP contribution is -2.47. The van der Waals surface area contributed by atoms with Gasteiger partial charge < -0.3 is 19.3 Å². The highest BCUT2D eigenvalue weighted by Crippen LogP contribution is 2.24. The Bertz CT molecular complexity index is 620. The van der Waals surface area contributed by atoms with E-state index in [4.69, 9.17) is 14.2 Å². The van der Waals surface area contributed by atoms with Crippen molar-refractivity contribution in [3.63, 3.8) is 0 Å². The largest absolute Gasteiger partial charge is 0.497 e. The van der Waals surface area contributed by atoms with Gasteiger partial charge in [0.2, 0.25) is 0 Å². The third-order valence-electron chi connectivity index (χ3n) is 4.17. The number of aliphatic hydroxyl groups is 1. The number of rotatable bonds is 9. The lowest BCUT2D eigenvalue weighted by atomic mass is 9.96. The molecule has 136 valence electrons. The fourth-order valence-electron chi connectivity index (χ4n) is 2.75. The van der Waals surface area contributed by atoms with Crippen LogP contribution < -0.4 is 4.74 Å². The first-order chi connectivity index (χ1) is 11.9. The van der Waals surface area contributed by atoms with Crippen LogP contribution in [0.3, 0.4) is 0 Å². The van der Waals surface area contributed by atoms with E-state index in [1.54, 1.807) is 14.0 Å². The Morgan fingerprint density at radius 2 is 1.52 bits per heavy atom. The van der Waals surface area contributed by atoms with Gasteiger partial charge in [-0.2, -0.15) is 0 Å². The summed E-state index contributed by atoms with van der Waals surface area (Å²) < 4.78 is 17.2. The lowest BCUT2D eigenvalue weighted by Gasteiger charge is -2.36. The van der Waals surface area contributed by atoms with Crippen LogP contribution >= 0.6 is 0 Å². The topological polar surface area (TPSA) is 47.9 Å². The van der Waals surface area contributed by atoms with Crippen LogP contribution in [0.25, 0.3) is 0 Å². The minimum Gasteiger partial charge on any atom is -0.497 e. The summed E-state index contributed by atoms with van der Waals surface area (Å²) >= 11 is 0. The molecule has 0 radical (unpaired) electrons. The molecule has 4 heteroatoms. The highest BCUT2D eigenvalue weighted by atomic mass is 16.6. The summed E-state index contributed by atoms with van der Waals surface area (Å²) in [7, 11) is 1.64. The molecule has 0 bridgehead atoms. The zero-order valence-corrected chi connectivity index (χ0v) is 15.4. The van der Waals surface area contributed by atoms with Gasteiger partial charge >= 0.3 is 0 Å². The number of hydrogen-bond donors (Lipinski definition) is 1. The van der Waals surface area contributed by atoms with E-state index in [1.807, 2.05) is 68.4 Å². The molecule has 0 spiro atoms. The van der Waals surface area contributed by atoms with Crippen molar-refractivity contribution in [2.45, 2.75) is 51.8 Å². The molecule has 0 aliphatic heterocycles. The predicted molar refractivity (Wildman–Crippen MR) is 98.6 cm³/mol. The van der Waals surface area contributed by atoms with Gasteiger partial charge in [-0.05, 0) is 44.0 Å². The molecule has 0 fully saturated rings. The molecule has 0 saturated carbocycles. The molecule has 2 aromatic carbocycles. The van der Waals surface area contributed by atoms with Crippen molar-refractivity contribution in [1.82, 2.24) is 0 Å². The van der Waals surface area contributed by atoms with E-state index in [1.165, 1.54) is 0 Å². The average molecular weight is 344 g/mol. The Hall–Kier alpha value is -1.88. The molecule has 2 aromatic rings. The lowest BCUT2D eigenvalue weighted by molar-refractivity contribution is -0.171. The third-order valence-corrected chi connectivity index (χ3v) is 4.17. The maximum atomic E-state index is 10.2. The van der Waals surface area contributed by atoms with E-state index in [2.05, 4.69) is 0 Å². The van der Waals surface area contributed by atoms with Crippen molar-refractivity contribution in [1.29, 1.82) is 0 Å². The van der Waals surface area contributed by atoms with Crippen LogP contribution in [0.1, 0.15) is 31.9 Å². The monoisotopic (exact) mass is 344 g/mol. The van der Waals surface area contributed by atoms with Crippen molar-refractivity contribution in [2.75, 3.05) is 7.11 Å². The molecule has 2 atom stereocenters. The van der Waals surface area contributed by atoms with Gasteiger partial charge in [-0.3, -0.25) is 0 Å². The van der Waals surface area contributed by atoms with Crippen LogP contribution in [-0.4, -0.2) is 30.0 Å². The van der Waals surface area contributed by atoms with Gasteiger partial charge in [-0.15, -0.1) is 0 Å². The Morgan fingerprint density at radius 1 is 0.920 bits per heavy atom. The van der Waals surface area contributed by atoms with E-state index in [0.29, 0.717) is 13.2 Å². The third kappa shape index (κ3) is 5.85. The van der Waals surface area contributed by atoms with Crippen molar-refractivity contribution in [3.8, 4) is 5.75 Å². The van der Waals surface area contributed by atoms with Crippen LogP contribution in [0.2, 0.25) is 0 Å². The second-order valence-corrected chi connectivity index (χ2v) is 6.70. The summed E-state index contributed by atoms with van der Waals surface area (Å²) in [6, 6.07) is 17.7. The highest BCUT2D eigenvalue weighted by molar-refractivity contribution is 5.26. The van der Waals surface area contributed by atoms with Gasteiger partial charge in [-0.25, -0.2) is 0 Å². The second kappa shape index (κ2) is 8.99. The van der Waals surface area contributed by atoms with Gasteiger partial charge in [0.05, 0.1) is 32.0 Å². The number of ether oxygens (including phenoxy) is 3. The fraction of sp³-hybridized carbons (Fsp3) is 0.429. The maximum Gasteiger partial charge on any atom is 0.118 e. The smallest absolute Gasteiger partial charge is 0.118 e. The summed E-state index contributed by atoms with van der Waals surface area (Å²) in [6.45, 7) is 6.49. The minimum atomic E-state index is -0.644. The van der Waals surface area contributed by atoms with E-state index < -0.39 is 17.8 Å². The van der Waals surface area contributed by atoms with Crippen LogP contribution in [0.4, 0.5) is 0 Å². The zero-order chi connectivity index (χ0) is 18.3. The standard InChI is InChI=1S/C21H28O4/c1-16(22)20(24-14-17-8-6-5-7-9-17)21(2,3)25-15-18-10-12-19(23-4)13-11-18/h5-13,16,20,22H,14-15H2,1-4H3/t16-,20+/m1/s1. The normalized spacial score (nSPS) is 14.1. The molecule has 0 heterocycles. The van der Waals surface area contributed by atoms with Crippen molar-refractivity contribution >= 4 is 0 Å². The summed E-state index contributed by atoms with van der Waals surface area (Å²) in [5.41, 5.74) is 1.48. The molecule has 1 N–H and O–H groups in total. The van der Waals surface area contributed by atoms with E-state index >= 15 is 0 Å². The Kier molecular flexibility index (Phi) is 7.00. The summed E-state index contributed by atoms with van der Waals surface area (Å²) in [5, 5.41) is 10.2. The second-order valence-electron chi connectivity index (χ2n) is 6.70. The van der Waals surface area contributed by atoms with Crippen LogP contribution in [0.15, 0.2) is 54.6 Å². The molecule has 0 amide bonds. The van der Waals surface area contributed by atoms with Gasteiger partial charge in [0.15, 0.2) is 0 Å². The Balaban J connectivity index is 1.96. The fourth-order valence-corrected chi connectivity index (χ4v) is 2.75. The van der Waals surface area contributed by atoms with Crippen LogP contribution in [0.5, 0.6) is 5.75 Å². The molecule has 0 aromatic heterocycles. The predicted octanol–water partition coefficient (Wildman–Crippen LogP) is 3.96. The number of aliphatic hydroxyl groups excluding tert-OH is 1. The SMILES string of the molecule is COc1ccc(COC(C)(C)[C@@H](OCc2ccccc2)[C@@H](C)O)cc1. The molecular formula is C21H28O4. The minimum absolute atomic E-state index is 0.436. The quantitative estimate of drug-likeness (QED) is 0.748.